The molecule has 0 atom stereocenters. The van der Waals surface area contributed by atoms with Crippen LogP contribution in [0.4, 0.5) is 5.00 Å². The Hall–Kier alpha value is -3.40. The summed E-state index contributed by atoms with van der Waals surface area (Å²) in [6, 6.07) is 5.91. The average molecular weight is 467 g/mol. The molecular weight excluding hydrogens is 440 g/mol. The number of rotatable bonds is 8. The van der Waals surface area contributed by atoms with Crippen LogP contribution < -0.4 is 5.32 Å². The zero-order valence-corrected chi connectivity index (χ0v) is 19.8. The summed E-state index contributed by atoms with van der Waals surface area (Å²) in [6.45, 7) is 4.49. The molecule has 0 fully saturated rings. The third kappa shape index (κ3) is 5.51. The van der Waals surface area contributed by atoms with Crippen molar-refractivity contribution in [3.63, 3.8) is 0 Å². The minimum Gasteiger partial charge on any atom is -0.451 e. The van der Waals surface area contributed by atoms with Crippen molar-refractivity contribution in [3.05, 3.63) is 44.6 Å². The molecule has 0 saturated carbocycles. The van der Waals surface area contributed by atoms with E-state index in [1.165, 1.54) is 17.4 Å². The van der Waals surface area contributed by atoms with Crippen LogP contribution >= 0.6 is 11.3 Å². The van der Waals surface area contributed by atoms with Crippen LogP contribution in [0.2, 0.25) is 0 Å². The third-order valence-corrected chi connectivity index (χ3v) is 6.85. The molecule has 1 aliphatic carbocycles. The number of thiophene rings is 1. The van der Waals surface area contributed by atoms with Crippen LogP contribution in [0.5, 0.6) is 0 Å². The van der Waals surface area contributed by atoms with Gasteiger partial charge < -0.3 is 19.4 Å². The monoisotopic (exact) mass is 466 g/mol. The van der Waals surface area contributed by atoms with E-state index in [0.717, 1.165) is 53.1 Å². The van der Waals surface area contributed by atoms with Gasteiger partial charge in [-0.05, 0) is 62.8 Å². The van der Waals surface area contributed by atoms with Crippen molar-refractivity contribution in [1.29, 1.82) is 10.5 Å². The van der Waals surface area contributed by atoms with E-state index in [1.807, 2.05) is 30.6 Å². The fraction of sp³-hybridized carbons (Fsp3) is 0.417. The van der Waals surface area contributed by atoms with Crippen molar-refractivity contribution in [2.45, 2.75) is 46.1 Å². The van der Waals surface area contributed by atoms with Crippen molar-refractivity contribution in [2.24, 2.45) is 0 Å². The Morgan fingerprint density at radius 3 is 2.73 bits per heavy atom. The summed E-state index contributed by atoms with van der Waals surface area (Å²) in [7, 11) is 1.63. The first-order valence-electron chi connectivity index (χ1n) is 10.7. The number of aromatic nitrogens is 1. The molecule has 2 heterocycles. The lowest BCUT2D eigenvalue weighted by atomic mass is 9.96. The van der Waals surface area contributed by atoms with Crippen molar-refractivity contribution >= 4 is 34.3 Å². The molecule has 3 rings (SSSR count). The number of anilines is 1. The van der Waals surface area contributed by atoms with Gasteiger partial charge in [0, 0.05) is 29.9 Å². The molecule has 1 N–H and O–H groups in total. The lowest BCUT2D eigenvalue weighted by Crippen LogP contribution is -2.21. The third-order valence-electron chi connectivity index (χ3n) is 5.64. The Labute approximate surface area is 197 Å². The first-order valence-corrected chi connectivity index (χ1v) is 11.5. The van der Waals surface area contributed by atoms with Crippen molar-refractivity contribution in [1.82, 2.24) is 4.57 Å². The van der Waals surface area contributed by atoms with E-state index < -0.39 is 18.5 Å². The fourth-order valence-electron chi connectivity index (χ4n) is 3.94. The molecule has 2 aromatic heterocycles. The van der Waals surface area contributed by atoms with Crippen LogP contribution in [0, 0.1) is 36.5 Å². The summed E-state index contributed by atoms with van der Waals surface area (Å²) < 4.78 is 12.2. The zero-order chi connectivity index (χ0) is 24.0. The quantitative estimate of drug-likeness (QED) is 0.360. The van der Waals surface area contributed by atoms with Crippen LogP contribution in [-0.4, -0.2) is 36.8 Å². The summed E-state index contributed by atoms with van der Waals surface area (Å²) in [5.41, 5.74) is 3.92. The van der Waals surface area contributed by atoms with Gasteiger partial charge in [-0.25, -0.2) is 4.79 Å². The highest BCUT2D eigenvalue weighted by Gasteiger charge is 2.22. The fourth-order valence-corrected chi connectivity index (χ4v) is 5.19. The summed E-state index contributed by atoms with van der Waals surface area (Å²) in [5.74, 6) is -1.42. The SMILES string of the molecule is COCCn1c(C)cc(/C=C(\C#N)C(=O)OCC(=O)Nc2sc3c(c2C#N)CCCC3)c1C. The summed E-state index contributed by atoms with van der Waals surface area (Å²) >= 11 is 1.40. The van der Waals surface area contributed by atoms with Crippen LogP contribution in [0.3, 0.4) is 0 Å². The standard InChI is InChI=1S/C24H26N4O4S/c1-15-10-17(16(2)28(15)8-9-31-3)11-18(12-25)24(30)32-14-22(29)27-23-20(13-26)19-6-4-5-7-21(19)33-23/h10-11H,4-9,14H2,1-3H3,(H,27,29)/b18-11+. The maximum absolute atomic E-state index is 12.4. The predicted molar refractivity (Wildman–Crippen MR) is 125 cm³/mol. The number of hydrogen-bond donors (Lipinski definition) is 1. The molecule has 0 spiro atoms. The second-order valence-corrected chi connectivity index (χ2v) is 8.90. The molecule has 0 bridgehead atoms. The maximum atomic E-state index is 12.4. The number of carbonyl (C=O) groups excluding carboxylic acids is 2. The molecule has 1 amide bonds. The topological polar surface area (TPSA) is 117 Å². The molecule has 172 valence electrons. The van der Waals surface area contributed by atoms with Gasteiger partial charge in [-0.1, -0.05) is 0 Å². The van der Waals surface area contributed by atoms with Gasteiger partial charge >= 0.3 is 5.97 Å². The number of esters is 1. The predicted octanol–water partition coefficient (Wildman–Crippen LogP) is 3.65. The number of ether oxygens (including phenoxy) is 2. The van der Waals surface area contributed by atoms with Crippen LogP contribution in [0.25, 0.3) is 6.08 Å². The number of methoxy groups -OCH3 is 1. The van der Waals surface area contributed by atoms with Crippen LogP contribution in [-0.2, 0) is 38.4 Å². The highest BCUT2D eigenvalue weighted by molar-refractivity contribution is 7.16. The molecule has 2 aromatic rings. The number of nitrogens with one attached hydrogen (secondary N) is 1. The molecule has 0 aromatic carbocycles. The van der Waals surface area contributed by atoms with Gasteiger partial charge in [0.25, 0.3) is 5.91 Å². The lowest BCUT2D eigenvalue weighted by Gasteiger charge is -2.09. The first kappa shape index (κ1) is 24.2. The number of hydrogen-bond acceptors (Lipinski definition) is 7. The molecule has 0 saturated heterocycles. The van der Waals surface area contributed by atoms with E-state index in [4.69, 9.17) is 9.47 Å². The number of aryl methyl sites for hydroxylation is 2. The van der Waals surface area contributed by atoms with E-state index in [2.05, 4.69) is 11.4 Å². The van der Waals surface area contributed by atoms with E-state index in [-0.39, 0.29) is 5.57 Å². The normalized spacial score (nSPS) is 13.1. The number of nitrogens with zero attached hydrogens (tertiary/aromatic N) is 3. The number of amides is 1. The van der Waals surface area contributed by atoms with Gasteiger partial charge in [0.1, 0.15) is 22.7 Å². The Bertz CT molecular complexity index is 1180. The lowest BCUT2D eigenvalue weighted by molar-refractivity contribution is -0.142. The first-order chi connectivity index (χ1) is 15.9. The minimum absolute atomic E-state index is 0.195. The molecular formula is C24H26N4O4S. The molecule has 33 heavy (non-hydrogen) atoms. The molecule has 0 unspecified atom stereocenters. The van der Waals surface area contributed by atoms with Crippen molar-refractivity contribution < 1.29 is 19.1 Å². The molecule has 0 aliphatic heterocycles. The van der Waals surface area contributed by atoms with Gasteiger partial charge in [-0.2, -0.15) is 10.5 Å². The molecule has 0 radical (unpaired) electrons. The highest BCUT2D eigenvalue weighted by Crippen LogP contribution is 2.37. The van der Waals surface area contributed by atoms with Gasteiger partial charge in [-0.3, -0.25) is 4.79 Å². The van der Waals surface area contributed by atoms with E-state index in [1.54, 1.807) is 7.11 Å². The van der Waals surface area contributed by atoms with Crippen molar-refractivity contribution in [3.8, 4) is 12.1 Å². The summed E-state index contributed by atoms with van der Waals surface area (Å²) in [5, 5.41) is 22.1. The Kier molecular flexibility index (Phi) is 8.05. The summed E-state index contributed by atoms with van der Waals surface area (Å²) in [4.78, 5) is 25.9. The second-order valence-electron chi connectivity index (χ2n) is 7.79. The maximum Gasteiger partial charge on any atom is 0.349 e. The zero-order valence-electron chi connectivity index (χ0n) is 19.0. The average Bonchev–Trinajstić information content (AvgIpc) is 3.29. The minimum atomic E-state index is -0.875. The largest absolute Gasteiger partial charge is 0.451 e. The second kappa shape index (κ2) is 11.0. The van der Waals surface area contributed by atoms with Gasteiger partial charge in [0.2, 0.25) is 0 Å². The van der Waals surface area contributed by atoms with E-state index >= 15 is 0 Å². The highest BCUT2D eigenvalue weighted by atomic mass is 32.1. The number of fused-ring (bicyclic) bond motifs is 1. The Morgan fingerprint density at radius 2 is 2.03 bits per heavy atom. The van der Waals surface area contributed by atoms with Crippen molar-refractivity contribution in [2.75, 3.05) is 25.6 Å². The smallest absolute Gasteiger partial charge is 0.349 e. The molecule has 9 heteroatoms. The Morgan fingerprint density at radius 1 is 1.27 bits per heavy atom. The van der Waals surface area contributed by atoms with Gasteiger partial charge in [0.05, 0.1) is 12.2 Å². The molecule has 8 nitrogen and oxygen atoms in total. The summed E-state index contributed by atoms with van der Waals surface area (Å²) in [6.07, 6.45) is 5.31. The number of nitriles is 2. The van der Waals surface area contributed by atoms with Gasteiger partial charge in [-0.15, -0.1) is 11.3 Å². The van der Waals surface area contributed by atoms with E-state index in [9.17, 15) is 20.1 Å². The van der Waals surface area contributed by atoms with Crippen LogP contribution in [0.15, 0.2) is 11.6 Å². The molecule has 1 aliphatic rings. The van der Waals surface area contributed by atoms with E-state index in [0.29, 0.717) is 23.7 Å². The van der Waals surface area contributed by atoms with Crippen LogP contribution in [0.1, 0.15) is 45.8 Å². The number of carbonyl (C=O) groups is 2. The van der Waals surface area contributed by atoms with Gasteiger partial charge in [0.15, 0.2) is 6.61 Å². The Balaban J connectivity index is 1.65.